The molecular formula is C22H29N5. The number of nitrogens with one attached hydrogen (secondary N) is 2. The van der Waals surface area contributed by atoms with Crippen LogP contribution in [0.5, 0.6) is 0 Å². The van der Waals surface area contributed by atoms with Crippen molar-refractivity contribution in [2.24, 2.45) is 0 Å². The zero-order valence-corrected chi connectivity index (χ0v) is 16.3. The van der Waals surface area contributed by atoms with Crippen molar-refractivity contribution in [1.29, 1.82) is 0 Å². The van der Waals surface area contributed by atoms with Crippen LogP contribution in [0.15, 0.2) is 42.5 Å². The lowest BCUT2D eigenvalue weighted by Crippen LogP contribution is -2.36. The normalized spacial score (nSPS) is 18.3. The number of piperidine rings is 1. The smallest absolute Gasteiger partial charge is 0.157 e. The minimum atomic E-state index is 0.354. The van der Waals surface area contributed by atoms with Crippen molar-refractivity contribution >= 4 is 16.9 Å². The molecule has 142 valence electrons. The summed E-state index contributed by atoms with van der Waals surface area (Å²) in [6.45, 7) is 7.65. The van der Waals surface area contributed by atoms with Gasteiger partial charge in [-0.25, -0.2) is 4.98 Å². The molecular weight excluding hydrogens is 334 g/mol. The van der Waals surface area contributed by atoms with Crippen LogP contribution in [0.1, 0.15) is 43.9 Å². The Hall–Kier alpha value is -2.40. The van der Waals surface area contributed by atoms with Gasteiger partial charge in [-0.05, 0) is 57.4 Å². The predicted octanol–water partition coefficient (Wildman–Crippen LogP) is 4.20. The number of likely N-dealkylation sites (tertiary alicyclic amines) is 1. The first kappa shape index (κ1) is 18.0. The lowest BCUT2D eigenvalue weighted by molar-refractivity contribution is 0.208. The third-order valence-corrected chi connectivity index (χ3v) is 5.35. The zero-order chi connectivity index (χ0) is 18.6. The van der Waals surface area contributed by atoms with Crippen LogP contribution in [0, 0.1) is 0 Å². The van der Waals surface area contributed by atoms with E-state index in [9.17, 15) is 0 Å². The maximum Gasteiger partial charge on any atom is 0.157 e. The minimum Gasteiger partial charge on any atom is -0.366 e. The lowest BCUT2D eigenvalue weighted by Gasteiger charge is -2.32. The fourth-order valence-electron chi connectivity index (χ4n) is 3.96. The molecule has 1 aromatic carbocycles. The van der Waals surface area contributed by atoms with Crippen LogP contribution in [-0.2, 0) is 6.42 Å². The van der Waals surface area contributed by atoms with Gasteiger partial charge in [-0.1, -0.05) is 30.3 Å². The van der Waals surface area contributed by atoms with E-state index in [-0.39, 0.29) is 0 Å². The van der Waals surface area contributed by atoms with Crippen molar-refractivity contribution in [3.05, 3.63) is 53.7 Å². The topological polar surface area (TPSA) is 56.8 Å². The molecule has 0 spiro atoms. The molecule has 1 atom stereocenters. The van der Waals surface area contributed by atoms with Crippen molar-refractivity contribution < 1.29 is 0 Å². The number of fused-ring (bicyclic) bond motifs is 1. The number of nitrogens with zero attached hydrogens (tertiary/aromatic N) is 3. The number of benzene rings is 1. The highest BCUT2D eigenvalue weighted by Crippen LogP contribution is 2.28. The number of rotatable bonds is 6. The van der Waals surface area contributed by atoms with Crippen LogP contribution >= 0.6 is 0 Å². The molecule has 0 saturated carbocycles. The Labute approximate surface area is 161 Å². The van der Waals surface area contributed by atoms with Gasteiger partial charge in [-0.15, -0.1) is 0 Å². The van der Waals surface area contributed by atoms with E-state index in [0.29, 0.717) is 12.0 Å². The Balaban J connectivity index is 1.43. The second-order valence-corrected chi connectivity index (χ2v) is 7.88. The highest BCUT2D eigenvalue weighted by atomic mass is 15.2. The van der Waals surface area contributed by atoms with Gasteiger partial charge < -0.3 is 10.2 Å². The number of hydrogen-bond acceptors (Lipinski definition) is 4. The number of hydrogen-bond donors (Lipinski definition) is 2. The Morgan fingerprint density at radius 2 is 2.04 bits per heavy atom. The zero-order valence-electron chi connectivity index (χ0n) is 16.3. The van der Waals surface area contributed by atoms with Crippen LogP contribution in [0.4, 0.5) is 5.82 Å². The summed E-state index contributed by atoms with van der Waals surface area (Å²) < 4.78 is 0. The van der Waals surface area contributed by atoms with Gasteiger partial charge in [0.25, 0.3) is 0 Å². The molecule has 3 aromatic rings. The summed E-state index contributed by atoms with van der Waals surface area (Å²) in [4.78, 5) is 7.48. The summed E-state index contributed by atoms with van der Waals surface area (Å²) in [6, 6.07) is 15.5. The fourth-order valence-corrected chi connectivity index (χ4v) is 3.96. The summed E-state index contributed by atoms with van der Waals surface area (Å²) >= 11 is 0. The van der Waals surface area contributed by atoms with Crippen LogP contribution in [0.25, 0.3) is 11.0 Å². The molecule has 1 aliphatic rings. The maximum absolute atomic E-state index is 4.89. The summed E-state index contributed by atoms with van der Waals surface area (Å²) in [5.41, 5.74) is 3.49. The van der Waals surface area contributed by atoms with Gasteiger partial charge in [0.1, 0.15) is 0 Å². The molecule has 1 saturated heterocycles. The molecule has 5 heteroatoms. The largest absolute Gasteiger partial charge is 0.366 e. The van der Waals surface area contributed by atoms with Crippen LogP contribution in [0.2, 0.25) is 0 Å². The first-order valence-corrected chi connectivity index (χ1v) is 10.1. The summed E-state index contributed by atoms with van der Waals surface area (Å²) in [5.74, 6) is 1.40. The van der Waals surface area contributed by atoms with Gasteiger partial charge in [0.2, 0.25) is 0 Å². The molecule has 1 aliphatic heterocycles. The van der Waals surface area contributed by atoms with Crippen molar-refractivity contribution in [2.45, 2.75) is 45.1 Å². The van der Waals surface area contributed by atoms with Crippen molar-refractivity contribution in [3.8, 4) is 0 Å². The van der Waals surface area contributed by atoms with Gasteiger partial charge in [-0.2, -0.15) is 5.10 Å². The second kappa shape index (κ2) is 8.09. The van der Waals surface area contributed by atoms with Crippen LogP contribution in [-0.4, -0.2) is 45.8 Å². The van der Waals surface area contributed by atoms with Gasteiger partial charge in [0.05, 0.1) is 5.39 Å². The van der Waals surface area contributed by atoms with E-state index in [1.165, 1.54) is 30.6 Å². The van der Waals surface area contributed by atoms with Crippen LogP contribution < -0.4 is 5.32 Å². The molecule has 2 N–H and O–H groups in total. The number of H-pyrrole nitrogens is 1. The summed E-state index contributed by atoms with van der Waals surface area (Å²) in [5, 5.41) is 11.9. The SMILES string of the molecule is CC(C)Nc1n[nH]c2nc([C@@H]3CCCN(CCc4ccccc4)C3)ccc12. The third-order valence-electron chi connectivity index (χ3n) is 5.35. The highest BCUT2D eigenvalue weighted by molar-refractivity contribution is 5.87. The Kier molecular flexibility index (Phi) is 5.39. The van der Waals surface area contributed by atoms with Crippen molar-refractivity contribution in [2.75, 3.05) is 25.0 Å². The average Bonchev–Trinajstić information content (AvgIpc) is 3.09. The molecule has 0 aliphatic carbocycles. The number of aromatic nitrogens is 3. The number of aromatic amines is 1. The second-order valence-electron chi connectivity index (χ2n) is 7.88. The van der Waals surface area contributed by atoms with E-state index in [1.807, 2.05) is 0 Å². The molecule has 2 aromatic heterocycles. The molecule has 0 radical (unpaired) electrons. The molecule has 5 nitrogen and oxygen atoms in total. The van der Waals surface area contributed by atoms with E-state index in [2.05, 4.69) is 76.7 Å². The molecule has 1 fully saturated rings. The van der Waals surface area contributed by atoms with E-state index >= 15 is 0 Å². The van der Waals surface area contributed by atoms with Gasteiger partial charge in [-0.3, -0.25) is 5.10 Å². The molecule has 27 heavy (non-hydrogen) atoms. The predicted molar refractivity (Wildman–Crippen MR) is 111 cm³/mol. The first-order chi connectivity index (χ1) is 13.2. The molecule has 0 unspecified atom stereocenters. The summed E-state index contributed by atoms with van der Waals surface area (Å²) in [7, 11) is 0. The quantitative estimate of drug-likeness (QED) is 0.689. The molecule has 4 rings (SSSR count). The third kappa shape index (κ3) is 4.30. The monoisotopic (exact) mass is 363 g/mol. The number of anilines is 1. The average molecular weight is 364 g/mol. The van der Waals surface area contributed by atoms with Gasteiger partial charge in [0, 0.05) is 30.7 Å². The van der Waals surface area contributed by atoms with E-state index < -0.39 is 0 Å². The van der Waals surface area contributed by atoms with E-state index in [0.717, 1.165) is 36.4 Å². The first-order valence-electron chi connectivity index (χ1n) is 10.1. The lowest BCUT2D eigenvalue weighted by atomic mass is 9.94. The van der Waals surface area contributed by atoms with Crippen molar-refractivity contribution in [3.63, 3.8) is 0 Å². The fraction of sp³-hybridized carbons (Fsp3) is 0.455. The molecule has 0 bridgehead atoms. The van der Waals surface area contributed by atoms with Gasteiger partial charge in [0.15, 0.2) is 11.5 Å². The van der Waals surface area contributed by atoms with E-state index in [4.69, 9.17) is 4.98 Å². The molecule has 3 heterocycles. The standard InChI is InChI=1S/C22H29N5/c1-16(2)23-21-19-10-11-20(24-22(19)26-25-21)18-9-6-13-27(15-18)14-12-17-7-4-3-5-8-17/h3-5,7-8,10-11,16,18H,6,9,12-15H2,1-2H3,(H2,23,24,25,26)/t18-/m1/s1. The Morgan fingerprint density at radius 1 is 1.19 bits per heavy atom. The van der Waals surface area contributed by atoms with Crippen LogP contribution in [0.3, 0.4) is 0 Å². The van der Waals surface area contributed by atoms with E-state index in [1.54, 1.807) is 0 Å². The number of pyridine rings is 1. The van der Waals surface area contributed by atoms with Gasteiger partial charge >= 0.3 is 0 Å². The minimum absolute atomic E-state index is 0.354. The van der Waals surface area contributed by atoms with Crippen molar-refractivity contribution in [1.82, 2.24) is 20.1 Å². The Morgan fingerprint density at radius 3 is 2.85 bits per heavy atom. The maximum atomic E-state index is 4.89. The highest BCUT2D eigenvalue weighted by Gasteiger charge is 2.23. The summed E-state index contributed by atoms with van der Waals surface area (Å²) in [6.07, 6.45) is 3.57. The molecule has 0 amide bonds. The Bertz CT molecular complexity index is 871.